The highest BCUT2D eigenvalue weighted by molar-refractivity contribution is 7.91. The molecular weight excluding hydrogens is 508 g/mol. The van der Waals surface area contributed by atoms with Crippen LogP contribution in [0.3, 0.4) is 0 Å². The number of benzene rings is 2. The van der Waals surface area contributed by atoms with Gasteiger partial charge in [0.1, 0.15) is 0 Å². The van der Waals surface area contributed by atoms with Crippen LogP contribution in [0.15, 0.2) is 60.7 Å². The molecule has 0 bridgehead atoms. The molecule has 2 fully saturated rings. The van der Waals surface area contributed by atoms with E-state index in [-0.39, 0.29) is 23.5 Å². The number of amides is 1. The number of aromatic nitrogens is 3. The number of hydrogen-bond donors (Lipinski definition) is 0. The van der Waals surface area contributed by atoms with Gasteiger partial charge in [-0.25, -0.2) is 18.1 Å². The summed E-state index contributed by atoms with van der Waals surface area (Å²) in [7, 11) is -3.11. The van der Waals surface area contributed by atoms with E-state index in [1.165, 1.54) is 5.56 Å². The lowest BCUT2D eigenvalue weighted by Gasteiger charge is -2.32. The van der Waals surface area contributed by atoms with Crippen molar-refractivity contribution >= 4 is 26.8 Å². The predicted octanol–water partition coefficient (Wildman–Crippen LogP) is 5.17. The van der Waals surface area contributed by atoms with Crippen LogP contribution in [-0.4, -0.2) is 58.6 Å². The Morgan fingerprint density at radius 3 is 2.36 bits per heavy atom. The monoisotopic (exact) mass is 542 g/mol. The summed E-state index contributed by atoms with van der Waals surface area (Å²) in [6.07, 6.45) is 3.49. The molecule has 2 aliphatic heterocycles. The SMILES string of the molecule is Cc1ccc(-c2cc(C(=O)N3CCC(Cc4ccccc4)CC3)c3c(C)nn(C4CCS(=O)(=O)C4)c3n2)cc1. The zero-order chi connectivity index (χ0) is 27.1. The molecule has 1 unspecified atom stereocenters. The average molecular weight is 543 g/mol. The maximum Gasteiger partial charge on any atom is 0.254 e. The molecule has 2 saturated heterocycles. The standard InChI is InChI=1S/C31H34N4O3S/c1-21-8-10-25(11-9-21)28-19-27(29-22(2)33-35(30(29)32-28)26-14-17-39(37,38)20-26)31(36)34-15-12-24(13-16-34)18-23-6-4-3-5-7-23/h3-11,19,24,26H,12-18,20H2,1-2H3. The van der Waals surface area contributed by atoms with Gasteiger partial charge in [-0.2, -0.15) is 5.10 Å². The lowest BCUT2D eigenvalue weighted by molar-refractivity contribution is 0.0692. The number of hydrogen-bond acceptors (Lipinski definition) is 5. The van der Waals surface area contributed by atoms with E-state index in [1.54, 1.807) is 4.68 Å². The predicted molar refractivity (Wildman–Crippen MR) is 154 cm³/mol. The van der Waals surface area contributed by atoms with E-state index in [2.05, 4.69) is 24.3 Å². The van der Waals surface area contributed by atoms with Gasteiger partial charge in [0.05, 0.1) is 39.9 Å². The molecule has 2 aliphatic rings. The number of aryl methyl sites for hydroxylation is 2. The lowest BCUT2D eigenvalue weighted by Crippen LogP contribution is -2.39. The first-order valence-corrected chi connectivity index (χ1v) is 15.6. The largest absolute Gasteiger partial charge is 0.339 e. The Kier molecular flexibility index (Phi) is 6.75. The second kappa shape index (κ2) is 10.2. The summed E-state index contributed by atoms with van der Waals surface area (Å²) in [5.41, 5.74) is 6.01. The Balaban J connectivity index is 1.35. The third-order valence-electron chi connectivity index (χ3n) is 8.24. The smallest absolute Gasteiger partial charge is 0.254 e. The van der Waals surface area contributed by atoms with Crippen molar-refractivity contribution in [3.05, 3.63) is 83.0 Å². The number of nitrogens with zero attached hydrogens (tertiary/aromatic N) is 4. The quantitative estimate of drug-likeness (QED) is 0.347. The van der Waals surface area contributed by atoms with Crippen molar-refractivity contribution in [2.75, 3.05) is 24.6 Å². The fourth-order valence-electron chi connectivity index (χ4n) is 6.03. The summed E-state index contributed by atoms with van der Waals surface area (Å²) in [6.45, 7) is 5.36. The van der Waals surface area contributed by atoms with Gasteiger partial charge in [0.25, 0.3) is 5.91 Å². The second-order valence-corrected chi connectivity index (χ2v) is 13.4. The second-order valence-electron chi connectivity index (χ2n) is 11.1. The number of rotatable bonds is 5. The summed E-state index contributed by atoms with van der Waals surface area (Å²) in [6, 6.07) is 20.3. The van der Waals surface area contributed by atoms with Crippen LogP contribution in [0.5, 0.6) is 0 Å². The molecule has 0 aliphatic carbocycles. The van der Waals surface area contributed by atoms with E-state index in [1.807, 2.05) is 55.1 Å². The van der Waals surface area contributed by atoms with Crippen molar-refractivity contribution in [3.8, 4) is 11.3 Å². The molecule has 8 heteroatoms. The molecule has 0 radical (unpaired) electrons. The van der Waals surface area contributed by atoms with Crippen molar-refractivity contribution in [2.45, 2.75) is 45.6 Å². The first-order chi connectivity index (χ1) is 18.8. The third-order valence-corrected chi connectivity index (χ3v) is 9.99. The van der Waals surface area contributed by atoms with Gasteiger partial charge in [-0.15, -0.1) is 0 Å². The van der Waals surface area contributed by atoms with Gasteiger partial charge >= 0.3 is 0 Å². The molecule has 2 aromatic heterocycles. The van der Waals surface area contributed by atoms with Crippen molar-refractivity contribution in [1.29, 1.82) is 0 Å². The van der Waals surface area contributed by atoms with Crippen LogP contribution in [-0.2, 0) is 16.3 Å². The fraction of sp³-hybridized carbons (Fsp3) is 0.387. The number of piperidine rings is 1. The molecule has 0 saturated carbocycles. The fourth-order valence-corrected chi connectivity index (χ4v) is 7.73. The Hall–Kier alpha value is -3.52. The summed E-state index contributed by atoms with van der Waals surface area (Å²) in [5, 5.41) is 5.48. The van der Waals surface area contributed by atoms with Crippen molar-refractivity contribution in [1.82, 2.24) is 19.7 Å². The van der Waals surface area contributed by atoms with Crippen molar-refractivity contribution < 1.29 is 13.2 Å². The zero-order valence-corrected chi connectivity index (χ0v) is 23.3. The zero-order valence-electron chi connectivity index (χ0n) is 22.5. The molecule has 39 heavy (non-hydrogen) atoms. The van der Waals surface area contributed by atoms with Gasteiger partial charge in [-0.1, -0.05) is 60.2 Å². The highest BCUT2D eigenvalue weighted by Gasteiger charge is 2.33. The van der Waals surface area contributed by atoms with Gasteiger partial charge in [-0.05, 0) is 57.1 Å². The van der Waals surface area contributed by atoms with E-state index >= 15 is 0 Å². The first kappa shape index (κ1) is 25.7. The van der Waals surface area contributed by atoms with E-state index < -0.39 is 9.84 Å². The number of carbonyl (C=O) groups excluding carboxylic acids is 1. The third kappa shape index (κ3) is 5.22. The first-order valence-electron chi connectivity index (χ1n) is 13.8. The summed E-state index contributed by atoms with van der Waals surface area (Å²) in [5.74, 6) is 0.763. The van der Waals surface area contributed by atoms with Crippen LogP contribution >= 0.6 is 0 Å². The molecule has 6 rings (SSSR count). The molecule has 1 atom stereocenters. The van der Waals surface area contributed by atoms with Crippen LogP contribution in [0.1, 0.15) is 52.5 Å². The van der Waals surface area contributed by atoms with E-state index in [4.69, 9.17) is 10.1 Å². The molecule has 7 nitrogen and oxygen atoms in total. The van der Waals surface area contributed by atoms with Crippen LogP contribution in [0, 0.1) is 19.8 Å². The van der Waals surface area contributed by atoms with Gasteiger partial charge < -0.3 is 4.90 Å². The highest BCUT2D eigenvalue weighted by Crippen LogP contribution is 2.33. The molecule has 0 N–H and O–H groups in total. The van der Waals surface area contributed by atoms with Crippen LogP contribution in [0.4, 0.5) is 0 Å². The number of carbonyl (C=O) groups is 1. The highest BCUT2D eigenvalue weighted by atomic mass is 32.2. The lowest BCUT2D eigenvalue weighted by atomic mass is 9.90. The minimum Gasteiger partial charge on any atom is -0.339 e. The normalized spacial score (nSPS) is 19.5. The summed E-state index contributed by atoms with van der Waals surface area (Å²) < 4.78 is 26.3. The van der Waals surface area contributed by atoms with E-state index in [0.717, 1.165) is 35.8 Å². The number of sulfone groups is 1. The van der Waals surface area contributed by atoms with Gasteiger partial charge in [0.15, 0.2) is 15.5 Å². The summed E-state index contributed by atoms with van der Waals surface area (Å²) in [4.78, 5) is 21.0. The molecular formula is C31H34N4O3S. The Morgan fingerprint density at radius 2 is 1.69 bits per heavy atom. The molecule has 4 heterocycles. The van der Waals surface area contributed by atoms with Crippen LogP contribution < -0.4 is 0 Å². The maximum atomic E-state index is 14.1. The maximum absolute atomic E-state index is 14.1. The van der Waals surface area contributed by atoms with Gasteiger partial charge in [0, 0.05) is 18.7 Å². The molecule has 202 valence electrons. The minimum absolute atomic E-state index is 0.00406. The van der Waals surface area contributed by atoms with Gasteiger partial charge in [0.2, 0.25) is 0 Å². The molecule has 1 amide bonds. The topological polar surface area (TPSA) is 85.2 Å². The Labute approximate surface area is 229 Å². The number of fused-ring (bicyclic) bond motifs is 1. The van der Waals surface area contributed by atoms with E-state index in [0.29, 0.717) is 48.0 Å². The Bertz CT molecular complexity index is 1620. The average Bonchev–Trinajstić information content (AvgIpc) is 3.47. The minimum atomic E-state index is -3.11. The van der Waals surface area contributed by atoms with Crippen molar-refractivity contribution in [3.63, 3.8) is 0 Å². The molecule has 2 aromatic carbocycles. The Morgan fingerprint density at radius 1 is 0.974 bits per heavy atom. The summed E-state index contributed by atoms with van der Waals surface area (Å²) >= 11 is 0. The number of pyridine rings is 1. The van der Waals surface area contributed by atoms with E-state index in [9.17, 15) is 13.2 Å². The van der Waals surface area contributed by atoms with Crippen LogP contribution in [0.2, 0.25) is 0 Å². The van der Waals surface area contributed by atoms with Gasteiger partial charge in [-0.3, -0.25) is 4.79 Å². The van der Waals surface area contributed by atoms with Crippen LogP contribution in [0.25, 0.3) is 22.3 Å². The molecule has 0 spiro atoms. The molecule has 4 aromatic rings. The number of likely N-dealkylation sites (tertiary alicyclic amines) is 1. The van der Waals surface area contributed by atoms with Crippen molar-refractivity contribution in [2.24, 2.45) is 5.92 Å².